The summed E-state index contributed by atoms with van der Waals surface area (Å²) < 4.78 is 51.9. The molecule has 1 aromatic carbocycles. The number of anilines is 1. The van der Waals surface area contributed by atoms with E-state index >= 15 is 0 Å². The molecule has 11 heteroatoms. The highest BCUT2D eigenvalue weighted by atomic mass is 19.4. The molecule has 0 unspecified atom stereocenters. The number of hydrogen-bond acceptors (Lipinski definition) is 5. The van der Waals surface area contributed by atoms with Crippen LogP contribution in [0, 0.1) is 5.82 Å². The number of rotatable bonds is 6. The maximum atomic E-state index is 13.4. The molecular weight excluding hydrogens is 466 g/mol. The number of nitrogens with two attached hydrogens (primary N) is 1. The van der Waals surface area contributed by atoms with E-state index in [1.54, 1.807) is 6.07 Å². The number of nitrogens with zero attached hydrogens (tertiary/aromatic N) is 2. The number of halogens is 4. The first-order valence-corrected chi connectivity index (χ1v) is 11.5. The Labute approximate surface area is 200 Å². The van der Waals surface area contributed by atoms with Crippen molar-refractivity contribution in [3.8, 4) is 0 Å². The van der Waals surface area contributed by atoms with Crippen LogP contribution in [-0.4, -0.2) is 53.4 Å². The molecule has 0 bridgehead atoms. The Morgan fingerprint density at radius 2 is 1.80 bits per heavy atom. The minimum atomic E-state index is -4.92. The minimum absolute atomic E-state index is 0.0460. The second kappa shape index (κ2) is 10.2. The van der Waals surface area contributed by atoms with Crippen molar-refractivity contribution in [1.82, 2.24) is 20.5 Å². The molecule has 0 atom stereocenters. The van der Waals surface area contributed by atoms with Crippen LogP contribution in [0.3, 0.4) is 0 Å². The van der Waals surface area contributed by atoms with Crippen molar-refractivity contribution >= 4 is 17.6 Å². The van der Waals surface area contributed by atoms with Gasteiger partial charge in [0.15, 0.2) is 0 Å². The van der Waals surface area contributed by atoms with Gasteiger partial charge in [-0.3, -0.25) is 14.5 Å². The largest absolute Gasteiger partial charge is 0.419 e. The lowest BCUT2D eigenvalue weighted by molar-refractivity contribution is -0.140. The third-order valence-corrected chi connectivity index (χ3v) is 6.64. The highest BCUT2D eigenvalue weighted by molar-refractivity contribution is 5.96. The number of hydrogen-bond donors (Lipinski definition) is 3. The predicted molar refractivity (Wildman–Crippen MR) is 121 cm³/mol. The Hall–Kier alpha value is -3.21. The summed E-state index contributed by atoms with van der Waals surface area (Å²) in [6, 6.07) is 8.08. The zero-order valence-corrected chi connectivity index (χ0v) is 18.9. The van der Waals surface area contributed by atoms with Crippen LogP contribution < -0.4 is 16.4 Å². The number of benzene rings is 1. The molecule has 1 aliphatic carbocycles. The average Bonchev–Trinajstić information content (AvgIpc) is 2.79. The number of carbonyl (C=O) groups is 2. The van der Waals surface area contributed by atoms with E-state index in [1.807, 2.05) is 12.1 Å². The summed E-state index contributed by atoms with van der Waals surface area (Å²) in [5.74, 6) is -1.84. The third-order valence-electron chi connectivity index (χ3n) is 6.64. The van der Waals surface area contributed by atoms with Gasteiger partial charge in [0.25, 0.3) is 5.91 Å². The molecule has 2 heterocycles. The van der Waals surface area contributed by atoms with Crippen molar-refractivity contribution in [2.24, 2.45) is 0 Å². The van der Waals surface area contributed by atoms with E-state index in [9.17, 15) is 27.2 Å². The number of pyridine rings is 1. The van der Waals surface area contributed by atoms with Crippen molar-refractivity contribution < 1.29 is 27.2 Å². The van der Waals surface area contributed by atoms with Gasteiger partial charge in [0.2, 0.25) is 5.91 Å². The van der Waals surface area contributed by atoms with Crippen molar-refractivity contribution in [2.75, 3.05) is 25.4 Å². The fourth-order valence-corrected chi connectivity index (χ4v) is 4.76. The van der Waals surface area contributed by atoms with E-state index in [-0.39, 0.29) is 18.2 Å². The number of aromatic nitrogens is 1. The highest BCUT2D eigenvalue weighted by Crippen LogP contribution is 2.35. The van der Waals surface area contributed by atoms with Crippen LogP contribution in [0.4, 0.5) is 23.4 Å². The molecule has 1 aromatic heterocycles. The van der Waals surface area contributed by atoms with E-state index in [4.69, 9.17) is 5.73 Å². The van der Waals surface area contributed by atoms with Crippen LogP contribution in [0.1, 0.15) is 53.2 Å². The third kappa shape index (κ3) is 6.08. The molecule has 0 radical (unpaired) electrons. The fraction of sp³-hybridized carbons (Fsp3) is 0.458. The van der Waals surface area contributed by atoms with Crippen LogP contribution in [-0.2, 0) is 11.0 Å². The Balaban J connectivity index is 1.17. The van der Waals surface area contributed by atoms with Crippen molar-refractivity contribution in [3.63, 3.8) is 0 Å². The van der Waals surface area contributed by atoms with Crippen LogP contribution in [0.25, 0.3) is 0 Å². The number of nitrogens with one attached hydrogen (secondary N) is 2. The monoisotopic (exact) mass is 493 g/mol. The van der Waals surface area contributed by atoms with E-state index < -0.39 is 29.4 Å². The molecule has 4 rings (SSSR count). The summed E-state index contributed by atoms with van der Waals surface area (Å²) in [5.41, 5.74) is 4.93. The quantitative estimate of drug-likeness (QED) is 0.537. The van der Waals surface area contributed by atoms with Crippen molar-refractivity contribution in [2.45, 2.75) is 49.9 Å². The number of alkyl halides is 3. The van der Waals surface area contributed by atoms with Crippen LogP contribution in [0.2, 0.25) is 0 Å². The van der Waals surface area contributed by atoms with Gasteiger partial charge in [-0.1, -0.05) is 6.07 Å². The maximum absolute atomic E-state index is 13.4. The van der Waals surface area contributed by atoms with Crippen LogP contribution in [0.5, 0.6) is 0 Å². The molecule has 2 fully saturated rings. The highest BCUT2D eigenvalue weighted by Gasteiger charge is 2.36. The van der Waals surface area contributed by atoms with Gasteiger partial charge in [0.05, 0.1) is 18.2 Å². The van der Waals surface area contributed by atoms with E-state index in [0.29, 0.717) is 43.0 Å². The first-order valence-electron chi connectivity index (χ1n) is 11.5. The van der Waals surface area contributed by atoms with Crippen LogP contribution in [0.15, 0.2) is 36.4 Å². The number of nitrogen functional groups attached to an aromatic ring is 1. The maximum Gasteiger partial charge on any atom is 0.419 e. The van der Waals surface area contributed by atoms with Gasteiger partial charge in [0, 0.05) is 36.3 Å². The summed E-state index contributed by atoms with van der Waals surface area (Å²) in [4.78, 5) is 31.0. The lowest BCUT2D eigenvalue weighted by Crippen LogP contribution is -2.63. The molecule has 2 aromatic rings. The Morgan fingerprint density at radius 3 is 2.46 bits per heavy atom. The van der Waals surface area contributed by atoms with Gasteiger partial charge in [-0.15, -0.1) is 0 Å². The molecule has 188 valence electrons. The second-order valence-corrected chi connectivity index (χ2v) is 9.09. The van der Waals surface area contributed by atoms with Gasteiger partial charge in [-0.05, 0) is 56.0 Å². The zero-order valence-electron chi connectivity index (χ0n) is 18.9. The normalized spacial score (nSPS) is 21.3. The first-order chi connectivity index (χ1) is 16.6. The molecule has 35 heavy (non-hydrogen) atoms. The molecule has 0 spiro atoms. The molecule has 7 nitrogen and oxygen atoms in total. The van der Waals surface area contributed by atoms with Crippen LogP contribution >= 0.6 is 0 Å². The Bertz CT molecular complexity index is 1080. The van der Waals surface area contributed by atoms with E-state index in [2.05, 4.69) is 20.5 Å². The average molecular weight is 494 g/mol. The Kier molecular flexibility index (Phi) is 7.25. The molecular formula is C24H27F4N5O2. The molecule has 1 aliphatic heterocycles. The van der Waals surface area contributed by atoms with Gasteiger partial charge >= 0.3 is 6.18 Å². The van der Waals surface area contributed by atoms with Gasteiger partial charge in [-0.25, -0.2) is 9.37 Å². The number of carbonyl (C=O) groups excluding carboxylic acids is 2. The predicted octanol–water partition coefficient (Wildman–Crippen LogP) is 3.08. The van der Waals surface area contributed by atoms with Crippen molar-refractivity contribution in [3.05, 3.63) is 59.0 Å². The molecule has 1 saturated carbocycles. The zero-order chi connectivity index (χ0) is 25.2. The summed E-state index contributed by atoms with van der Waals surface area (Å²) in [5, 5.41) is 5.10. The lowest BCUT2D eigenvalue weighted by atomic mass is 9.82. The number of likely N-dealkylation sites (tertiary alicyclic amines) is 1. The molecule has 2 aliphatic rings. The molecule has 1 saturated heterocycles. The van der Waals surface area contributed by atoms with E-state index in [1.165, 1.54) is 0 Å². The smallest absolute Gasteiger partial charge is 0.384 e. The first kappa shape index (κ1) is 24.9. The van der Waals surface area contributed by atoms with Gasteiger partial charge in [0.1, 0.15) is 11.6 Å². The standard InChI is InChI=1S/C24H27F4N5O2/c25-19-9-6-15(10-18(19)24(26,27)28)23(35)30-11-22(34)31-16-12-33(13-16)17-7-4-14(5-8-17)20-2-1-3-21(29)32-20/h1-3,6,9-10,14,16-17H,4-5,7-8,11-13H2,(H2,29,32)(H,30,35)(H,31,34). The summed E-state index contributed by atoms with van der Waals surface area (Å²) in [6.45, 7) is 1.03. The van der Waals surface area contributed by atoms with Gasteiger partial charge < -0.3 is 16.4 Å². The fourth-order valence-electron chi connectivity index (χ4n) is 4.76. The second-order valence-electron chi connectivity index (χ2n) is 9.09. The summed E-state index contributed by atoms with van der Waals surface area (Å²) >= 11 is 0. The number of amides is 2. The van der Waals surface area contributed by atoms with Crippen molar-refractivity contribution in [1.29, 1.82) is 0 Å². The molecule has 4 N–H and O–H groups in total. The summed E-state index contributed by atoms with van der Waals surface area (Å²) in [6.07, 6.45) is -0.787. The minimum Gasteiger partial charge on any atom is -0.384 e. The topological polar surface area (TPSA) is 100 Å². The van der Waals surface area contributed by atoms with E-state index in [0.717, 1.165) is 37.4 Å². The summed E-state index contributed by atoms with van der Waals surface area (Å²) in [7, 11) is 0. The SMILES string of the molecule is Nc1cccc(C2CCC(N3CC(NC(=O)CNC(=O)c4ccc(F)c(C(F)(F)F)c4)C3)CC2)n1. The lowest BCUT2D eigenvalue weighted by Gasteiger charge is -2.46. The molecule has 2 amide bonds. The Morgan fingerprint density at radius 1 is 1.09 bits per heavy atom. The van der Waals surface area contributed by atoms with Gasteiger partial charge in [-0.2, -0.15) is 13.2 Å².